The van der Waals surface area contributed by atoms with Crippen LogP contribution in [0.15, 0.2) is 30.3 Å². The Bertz CT molecular complexity index is 375. The number of rotatable bonds is 5. The van der Waals surface area contributed by atoms with Gasteiger partial charge >= 0.3 is 0 Å². The lowest BCUT2D eigenvalue weighted by Gasteiger charge is -2.16. The summed E-state index contributed by atoms with van der Waals surface area (Å²) in [5.41, 5.74) is 0.852. The SMILES string of the molecule is CC(CC1CC1)NC(=O)C(Cl)c1ccccc1. The number of benzene rings is 1. The van der Waals surface area contributed by atoms with Crippen LogP contribution in [0.1, 0.15) is 37.1 Å². The molecule has 3 heteroatoms. The van der Waals surface area contributed by atoms with Crippen LogP contribution in [0.3, 0.4) is 0 Å². The number of alkyl halides is 1. The fourth-order valence-corrected chi connectivity index (χ4v) is 2.21. The molecule has 2 unspecified atom stereocenters. The van der Waals surface area contributed by atoms with Crippen LogP contribution >= 0.6 is 11.6 Å². The molecule has 0 bridgehead atoms. The molecule has 1 N–H and O–H groups in total. The minimum Gasteiger partial charge on any atom is -0.352 e. The maximum atomic E-state index is 11.9. The van der Waals surface area contributed by atoms with E-state index in [0.29, 0.717) is 0 Å². The summed E-state index contributed by atoms with van der Waals surface area (Å²) in [6.07, 6.45) is 3.69. The molecule has 2 atom stereocenters. The van der Waals surface area contributed by atoms with Gasteiger partial charge in [0.1, 0.15) is 5.38 Å². The highest BCUT2D eigenvalue weighted by Crippen LogP contribution is 2.33. The first-order valence-electron chi connectivity index (χ1n) is 6.16. The lowest BCUT2D eigenvalue weighted by atomic mass is 10.1. The third-order valence-electron chi connectivity index (χ3n) is 3.09. The van der Waals surface area contributed by atoms with Gasteiger partial charge in [0.2, 0.25) is 5.91 Å². The summed E-state index contributed by atoms with van der Waals surface area (Å²) in [7, 11) is 0. The standard InChI is InChI=1S/C14H18ClNO/c1-10(9-11-7-8-11)16-14(17)13(15)12-5-3-2-4-6-12/h2-6,10-11,13H,7-9H2,1H3,(H,16,17). The monoisotopic (exact) mass is 251 g/mol. The van der Waals surface area contributed by atoms with E-state index in [0.717, 1.165) is 17.9 Å². The van der Waals surface area contributed by atoms with E-state index in [9.17, 15) is 4.79 Å². The van der Waals surface area contributed by atoms with Crippen LogP contribution in [-0.2, 0) is 4.79 Å². The van der Waals surface area contributed by atoms with Gasteiger partial charge in [-0.3, -0.25) is 4.79 Å². The predicted molar refractivity (Wildman–Crippen MR) is 70.0 cm³/mol. The number of hydrogen-bond donors (Lipinski definition) is 1. The summed E-state index contributed by atoms with van der Waals surface area (Å²) >= 11 is 6.14. The molecule has 1 amide bonds. The molecule has 2 nitrogen and oxygen atoms in total. The summed E-state index contributed by atoms with van der Waals surface area (Å²) in [5.74, 6) is 0.724. The number of amides is 1. The minimum atomic E-state index is -0.585. The summed E-state index contributed by atoms with van der Waals surface area (Å²) in [6, 6.07) is 9.68. The normalized spacial score (nSPS) is 18.5. The molecule has 0 aromatic heterocycles. The van der Waals surface area contributed by atoms with Gasteiger partial charge in [-0.15, -0.1) is 11.6 Å². The van der Waals surface area contributed by atoms with Crippen LogP contribution in [0.2, 0.25) is 0 Å². The molecule has 2 rings (SSSR count). The average Bonchev–Trinajstić information content (AvgIpc) is 3.12. The lowest BCUT2D eigenvalue weighted by Crippen LogP contribution is -2.35. The molecule has 0 heterocycles. The third kappa shape index (κ3) is 3.74. The zero-order valence-corrected chi connectivity index (χ0v) is 10.8. The van der Waals surface area contributed by atoms with Crippen molar-refractivity contribution >= 4 is 17.5 Å². The van der Waals surface area contributed by atoms with Crippen molar-refractivity contribution in [3.63, 3.8) is 0 Å². The van der Waals surface area contributed by atoms with Crippen LogP contribution in [-0.4, -0.2) is 11.9 Å². The Kier molecular flexibility index (Phi) is 4.06. The Balaban J connectivity index is 1.86. The summed E-state index contributed by atoms with van der Waals surface area (Å²) in [5, 5.41) is 2.39. The number of carbonyl (C=O) groups is 1. The largest absolute Gasteiger partial charge is 0.352 e. The second-order valence-electron chi connectivity index (χ2n) is 4.86. The molecule has 1 saturated carbocycles. The quantitative estimate of drug-likeness (QED) is 0.800. The van der Waals surface area contributed by atoms with Gasteiger partial charge in [0.15, 0.2) is 0 Å². The van der Waals surface area contributed by atoms with Crippen molar-refractivity contribution in [2.75, 3.05) is 0 Å². The van der Waals surface area contributed by atoms with Crippen LogP contribution in [0.25, 0.3) is 0 Å². The van der Waals surface area contributed by atoms with Crippen LogP contribution in [0, 0.1) is 5.92 Å². The molecule has 1 aromatic rings. The van der Waals surface area contributed by atoms with Gasteiger partial charge in [-0.25, -0.2) is 0 Å². The van der Waals surface area contributed by atoms with Gasteiger partial charge in [0.05, 0.1) is 0 Å². The van der Waals surface area contributed by atoms with Crippen LogP contribution < -0.4 is 5.32 Å². The van der Waals surface area contributed by atoms with Crippen molar-refractivity contribution in [2.45, 2.75) is 37.6 Å². The average molecular weight is 252 g/mol. The molecular formula is C14H18ClNO. The zero-order chi connectivity index (χ0) is 12.3. The number of carbonyl (C=O) groups excluding carboxylic acids is 1. The highest BCUT2D eigenvalue weighted by Gasteiger charge is 2.25. The van der Waals surface area contributed by atoms with Gasteiger partial charge in [0.25, 0.3) is 0 Å². The third-order valence-corrected chi connectivity index (χ3v) is 3.55. The van der Waals surface area contributed by atoms with Gasteiger partial charge in [-0.2, -0.15) is 0 Å². The first-order valence-corrected chi connectivity index (χ1v) is 6.60. The van der Waals surface area contributed by atoms with E-state index in [1.54, 1.807) is 0 Å². The second-order valence-corrected chi connectivity index (χ2v) is 5.30. The Morgan fingerprint density at radius 1 is 1.41 bits per heavy atom. The molecule has 1 aromatic carbocycles. The Morgan fingerprint density at radius 3 is 2.65 bits per heavy atom. The van der Waals surface area contributed by atoms with Crippen LogP contribution in [0.4, 0.5) is 0 Å². The summed E-state index contributed by atoms with van der Waals surface area (Å²) in [6.45, 7) is 2.05. The molecule has 0 spiro atoms. The van der Waals surface area contributed by atoms with Crippen molar-refractivity contribution in [3.05, 3.63) is 35.9 Å². The van der Waals surface area contributed by atoms with Crippen molar-refractivity contribution < 1.29 is 4.79 Å². The van der Waals surface area contributed by atoms with E-state index < -0.39 is 5.38 Å². The molecule has 1 aliphatic rings. The van der Waals surface area contributed by atoms with E-state index >= 15 is 0 Å². The molecule has 1 fully saturated rings. The number of nitrogens with one attached hydrogen (secondary N) is 1. The Hall–Kier alpha value is -1.02. The summed E-state index contributed by atoms with van der Waals surface area (Å²) in [4.78, 5) is 11.9. The molecule has 0 radical (unpaired) electrons. The zero-order valence-electron chi connectivity index (χ0n) is 10.0. The first-order chi connectivity index (χ1) is 8.16. The van der Waals surface area contributed by atoms with E-state index in [4.69, 9.17) is 11.6 Å². The Labute approximate surface area is 107 Å². The smallest absolute Gasteiger partial charge is 0.242 e. The van der Waals surface area contributed by atoms with Crippen molar-refractivity contribution in [3.8, 4) is 0 Å². The maximum absolute atomic E-state index is 11.9. The van der Waals surface area contributed by atoms with Crippen molar-refractivity contribution in [2.24, 2.45) is 5.92 Å². The van der Waals surface area contributed by atoms with Gasteiger partial charge in [0, 0.05) is 6.04 Å². The highest BCUT2D eigenvalue weighted by molar-refractivity contribution is 6.30. The fraction of sp³-hybridized carbons (Fsp3) is 0.500. The lowest BCUT2D eigenvalue weighted by molar-refractivity contribution is -0.121. The molecule has 17 heavy (non-hydrogen) atoms. The van der Waals surface area contributed by atoms with Crippen LogP contribution in [0.5, 0.6) is 0 Å². The summed E-state index contributed by atoms with van der Waals surface area (Å²) < 4.78 is 0. The van der Waals surface area contributed by atoms with E-state index in [2.05, 4.69) is 5.32 Å². The number of halogens is 1. The first kappa shape index (κ1) is 12.4. The molecular weight excluding hydrogens is 234 g/mol. The topological polar surface area (TPSA) is 29.1 Å². The van der Waals surface area contributed by atoms with Gasteiger partial charge < -0.3 is 5.32 Å². The molecule has 92 valence electrons. The Morgan fingerprint density at radius 2 is 2.06 bits per heavy atom. The van der Waals surface area contributed by atoms with Gasteiger partial charge in [-0.05, 0) is 24.8 Å². The molecule has 0 aliphatic heterocycles. The molecule has 0 saturated heterocycles. The molecule has 1 aliphatic carbocycles. The maximum Gasteiger partial charge on any atom is 0.242 e. The van der Waals surface area contributed by atoms with Gasteiger partial charge in [-0.1, -0.05) is 43.2 Å². The second kappa shape index (κ2) is 5.54. The predicted octanol–water partition coefficient (Wildman–Crippen LogP) is 3.27. The number of hydrogen-bond acceptors (Lipinski definition) is 1. The highest BCUT2D eigenvalue weighted by atomic mass is 35.5. The van der Waals surface area contributed by atoms with E-state index in [-0.39, 0.29) is 11.9 Å². The van der Waals surface area contributed by atoms with E-state index in [1.807, 2.05) is 37.3 Å². The van der Waals surface area contributed by atoms with Crippen molar-refractivity contribution in [1.29, 1.82) is 0 Å². The van der Waals surface area contributed by atoms with Crippen molar-refractivity contribution in [1.82, 2.24) is 5.32 Å². The van der Waals surface area contributed by atoms with E-state index in [1.165, 1.54) is 12.8 Å². The fourth-order valence-electron chi connectivity index (χ4n) is 2.00. The minimum absolute atomic E-state index is 0.0917.